The molecule has 0 radical (unpaired) electrons. The molecule has 1 aromatic carbocycles. The van der Waals surface area contributed by atoms with Gasteiger partial charge in [-0.3, -0.25) is 4.79 Å². The number of benzene rings is 1. The Hall–Kier alpha value is -2.91. The fraction of sp³-hybridized carbons (Fsp3) is 0.167. The molecule has 4 rings (SSSR count). The lowest BCUT2D eigenvalue weighted by Crippen LogP contribution is -2.26. The highest BCUT2D eigenvalue weighted by Gasteiger charge is 2.15. The second kappa shape index (κ2) is 7.77. The Morgan fingerprint density at radius 2 is 2.04 bits per heavy atom. The number of hydrogen-bond donors (Lipinski definition) is 1. The van der Waals surface area contributed by atoms with Crippen LogP contribution < -0.4 is 5.32 Å². The van der Waals surface area contributed by atoms with Crippen LogP contribution in [-0.2, 0) is 6.42 Å². The van der Waals surface area contributed by atoms with Gasteiger partial charge in [0.15, 0.2) is 0 Å². The molecule has 4 aromatic rings. The van der Waals surface area contributed by atoms with E-state index in [1.807, 2.05) is 16.8 Å². The zero-order valence-electron chi connectivity index (χ0n) is 14.5. The van der Waals surface area contributed by atoms with Crippen molar-refractivity contribution in [1.82, 2.24) is 30.5 Å². The fourth-order valence-electron chi connectivity index (χ4n) is 2.56. The molecule has 0 unspecified atom stereocenters. The summed E-state index contributed by atoms with van der Waals surface area (Å²) in [6, 6.07) is 10.2. The Morgan fingerprint density at radius 1 is 1.19 bits per heavy atom. The van der Waals surface area contributed by atoms with Crippen LogP contribution in [0.2, 0.25) is 0 Å². The molecule has 1 N–H and O–H groups in total. The van der Waals surface area contributed by atoms with Crippen LogP contribution in [0.25, 0.3) is 16.3 Å². The first kappa shape index (κ1) is 17.5. The second-order valence-electron chi connectivity index (χ2n) is 5.91. The summed E-state index contributed by atoms with van der Waals surface area (Å²) in [4.78, 5) is 17.7. The van der Waals surface area contributed by atoms with Gasteiger partial charge in [-0.15, -0.1) is 27.8 Å². The Morgan fingerprint density at radius 3 is 2.81 bits per heavy atom. The molecule has 0 fully saturated rings. The molecule has 0 spiro atoms. The lowest BCUT2D eigenvalue weighted by molar-refractivity contribution is 0.0958. The van der Waals surface area contributed by atoms with Gasteiger partial charge in [-0.05, 0) is 28.8 Å². The van der Waals surface area contributed by atoms with E-state index in [2.05, 4.69) is 57.0 Å². The summed E-state index contributed by atoms with van der Waals surface area (Å²) in [7, 11) is 0. The van der Waals surface area contributed by atoms with Crippen LogP contribution in [0.3, 0.4) is 0 Å². The molecule has 0 saturated carbocycles. The maximum Gasteiger partial charge on any atom is 0.263 e. The molecule has 0 aliphatic carbocycles. The molecule has 0 bridgehead atoms. The van der Waals surface area contributed by atoms with Crippen molar-refractivity contribution in [2.24, 2.45) is 0 Å². The predicted octanol–water partition coefficient (Wildman–Crippen LogP) is 3.13. The molecule has 0 saturated heterocycles. The predicted molar refractivity (Wildman–Crippen MR) is 105 cm³/mol. The zero-order chi connectivity index (χ0) is 18.6. The van der Waals surface area contributed by atoms with Crippen LogP contribution in [0.5, 0.6) is 0 Å². The van der Waals surface area contributed by atoms with E-state index >= 15 is 0 Å². The Labute approximate surface area is 163 Å². The highest BCUT2D eigenvalue weighted by molar-refractivity contribution is 7.13. The van der Waals surface area contributed by atoms with Crippen molar-refractivity contribution in [3.05, 3.63) is 63.6 Å². The third kappa shape index (κ3) is 3.93. The Bertz CT molecular complexity index is 1040. The van der Waals surface area contributed by atoms with E-state index in [1.165, 1.54) is 27.9 Å². The minimum Gasteiger partial charge on any atom is -0.351 e. The maximum absolute atomic E-state index is 12.5. The largest absolute Gasteiger partial charge is 0.351 e. The summed E-state index contributed by atoms with van der Waals surface area (Å²) in [5.41, 5.74) is 4.00. The van der Waals surface area contributed by atoms with Gasteiger partial charge in [-0.2, -0.15) is 4.68 Å². The van der Waals surface area contributed by atoms with Gasteiger partial charge in [-0.25, -0.2) is 4.98 Å². The normalized spacial score (nSPS) is 10.9. The molecule has 1 amide bonds. The van der Waals surface area contributed by atoms with Crippen LogP contribution in [0.15, 0.2) is 47.4 Å². The van der Waals surface area contributed by atoms with E-state index in [0.717, 1.165) is 16.3 Å². The number of aromatic nitrogens is 5. The molecule has 3 heterocycles. The van der Waals surface area contributed by atoms with Gasteiger partial charge in [0.05, 0.1) is 11.4 Å². The summed E-state index contributed by atoms with van der Waals surface area (Å²) in [5, 5.41) is 18.9. The Kier molecular flexibility index (Phi) is 5.03. The van der Waals surface area contributed by atoms with E-state index in [-0.39, 0.29) is 5.91 Å². The smallest absolute Gasteiger partial charge is 0.263 e. The summed E-state index contributed by atoms with van der Waals surface area (Å²) >= 11 is 2.98. The standard InChI is InChI=1S/C18H16N6OS2/c1-12-2-4-13(5-3-12)18-21-14(10-27-18)6-8-19-17(25)16-15(7-9-26-16)24-11-20-22-23-24/h2-5,7,9-11H,6,8H2,1H3,(H,19,25). The molecule has 0 aliphatic rings. The number of nitrogens with zero attached hydrogens (tertiary/aromatic N) is 5. The van der Waals surface area contributed by atoms with Crippen LogP contribution in [-0.4, -0.2) is 37.6 Å². The van der Waals surface area contributed by atoms with Crippen LogP contribution in [0.4, 0.5) is 0 Å². The first-order valence-electron chi connectivity index (χ1n) is 8.31. The van der Waals surface area contributed by atoms with Gasteiger partial charge >= 0.3 is 0 Å². The van der Waals surface area contributed by atoms with Gasteiger partial charge in [-0.1, -0.05) is 29.8 Å². The van der Waals surface area contributed by atoms with Crippen molar-refractivity contribution in [2.75, 3.05) is 6.54 Å². The minimum atomic E-state index is -0.135. The van der Waals surface area contributed by atoms with Crippen LogP contribution >= 0.6 is 22.7 Å². The third-order valence-electron chi connectivity index (χ3n) is 3.96. The number of thiazole rings is 1. The van der Waals surface area contributed by atoms with Crippen molar-refractivity contribution < 1.29 is 4.79 Å². The quantitative estimate of drug-likeness (QED) is 0.541. The first-order valence-corrected chi connectivity index (χ1v) is 10.1. The zero-order valence-corrected chi connectivity index (χ0v) is 16.1. The number of rotatable bonds is 6. The van der Waals surface area contributed by atoms with Crippen molar-refractivity contribution >= 4 is 28.6 Å². The number of carbonyl (C=O) groups excluding carboxylic acids is 1. The van der Waals surface area contributed by atoms with E-state index in [4.69, 9.17) is 0 Å². The highest BCUT2D eigenvalue weighted by Crippen LogP contribution is 2.24. The summed E-state index contributed by atoms with van der Waals surface area (Å²) < 4.78 is 1.49. The van der Waals surface area contributed by atoms with Gasteiger partial charge in [0, 0.05) is 23.9 Å². The molecule has 3 aromatic heterocycles. The van der Waals surface area contributed by atoms with Gasteiger partial charge < -0.3 is 5.32 Å². The molecular formula is C18H16N6OS2. The topological polar surface area (TPSA) is 85.6 Å². The number of carbonyl (C=O) groups is 1. The third-order valence-corrected chi connectivity index (χ3v) is 5.81. The molecule has 0 aliphatic heterocycles. The van der Waals surface area contributed by atoms with Gasteiger partial charge in [0.2, 0.25) is 0 Å². The number of thiophene rings is 1. The van der Waals surface area contributed by atoms with Crippen molar-refractivity contribution in [2.45, 2.75) is 13.3 Å². The molecule has 136 valence electrons. The number of amides is 1. The van der Waals surface area contributed by atoms with E-state index in [1.54, 1.807) is 11.3 Å². The molecule has 9 heteroatoms. The SMILES string of the molecule is Cc1ccc(-c2nc(CCNC(=O)c3sccc3-n3cnnn3)cs2)cc1. The fourth-order valence-corrected chi connectivity index (χ4v) is 4.21. The summed E-state index contributed by atoms with van der Waals surface area (Å²) in [6.45, 7) is 2.58. The van der Waals surface area contributed by atoms with Gasteiger partial charge in [0.25, 0.3) is 5.91 Å². The summed E-state index contributed by atoms with van der Waals surface area (Å²) in [5.74, 6) is -0.135. The number of tetrazole rings is 1. The monoisotopic (exact) mass is 396 g/mol. The van der Waals surface area contributed by atoms with Crippen molar-refractivity contribution in [1.29, 1.82) is 0 Å². The van der Waals surface area contributed by atoms with E-state index in [9.17, 15) is 4.79 Å². The number of nitrogens with one attached hydrogen (secondary N) is 1. The average molecular weight is 397 g/mol. The average Bonchev–Trinajstić information content (AvgIpc) is 3.42. The highest BCUT2D eigenvalue weighted by atomic mass is 32.1. The van der Waals surface area contributed by atoms with Crippen molar-refractivity contribution in [3.63, 3.8) is 0 Å². The lowest BCUT2D eigenvalue weighted by Gasteiger charge is -2.04. The molecule has 7 nitrogen and oxygen atoms in total. The minimum absolute atomic E-state index is 0.135. The number of aryl methyl sites for hydroxylation is 1. The number of hydrogen-bond acceptors (Lipinski definition) is 7. The molecule has 0 atom stereocenters. The molecular weight excluding hydrogens is 380 g/mol. The van der Waals surface area contributed by atoms with Crippen LogP contribution in [0.1, 0.15) is 20.9 Å². The van der Waals surface area contributed by atoms with Gasteiger partial charge in [0.1, 0.15) is 16.2 Å². The maximum atomic E-state index is 12.5. The van der Waals surface area contributed by atoms with E-state index < -0.39 is 0 Å². The van der Waals surface area contributed by atoms with Crippen LogP contribution in [0, 0.1) is 6.92 Å². The Balaban J connectivity index is 1.36. The summed E-state index contributed by atoms with van der Waals surface area (Å²) in [6.07, 6.45) is 2.15. The van der Waals surface area contributed by atoms with Crippen molar-refractivity contribution in [3.8, 4) is 16.3 Å². The first-order chi connectivity index (χ1) is 13.2. The second-order valence-corrected chi connectivity index (χ2v) is 7.68. The lowest BCUT2D eigenvalue weighted by atomic mass is 10.2. The molecule has 27 heavy (non-hydrogen) atoms. The van der Waals surface area contributed by atoms with E-state index in [0.29, 0.717) is 23.5 Å².